The van der Waals surface area contributed by atoms with Gasteiger partial charge in [0.25, 0.3) is 0 Å². The highest BCUT2D eigenvalue weighted by Gasteiger charge is 2.26. The lowest BCUT2D eigenvalue weighted by Gasteiger charge is -2.24. The van der Waals surface area contributed by atoms with E-state index >= 15 is 0 Å². The summed E-state index contributed by atoms with van der Waals surface area (Å²) in [6, 6.07) is 17.4. The molecule has 2 atom stereocenters. The number of fused-ring (bicyclic) bond motifs is 3. The van der Waals surface area contributed by atoms with Crippen LogP contribution in [0.1, 0.15) is 30.7 Å². The number of hydrogen-bond acceptors (Lipinski definition) is 2. The minimum absolute atomic E-state index is 0.283. The zero-order valence-corrected chi connectivity index (χ0v) is 11.9. The molecule has 104 valence electrons. The molecule has 0 aromatic heterocycles. The second-order valence-corrected chi connectivity index (χ2v) is 5.74. The number of rotatable bonds is 1. The second-order valence-electron chi connectivity index (χ2n) is 5.74. The van der Waals surface area contributed by atoms with Gasteiger partial charge in [-0.2, -0.15) is 0 Å². The van der Waals surface area contributed by atoms with Crippen LogP contribution in [0.2, 0.25) is 0 Å². The van der Waals surface area contributed by atoms with E-state index in [1.165, 1.54) is 23.1 Å². The van der Waals surface area contributed by atoms with E-state index in [0.29, 0.717) is 6.04 Å². The van der Waals surface area contributed by atoms with Gasteiger partial charge in [0, 0.05) is 17.7 Å². The molecule has 0 amide bonds. The van der Waals surface area contributed by atoms with E-state index in [2.05, 4.69) is 61.0 Å². The first-order valence-corrected chi connectivity index (χ1v) is 7.67. The molecule has 0 bridgehead atoms. The number of aliphatic imine (C=N–C) groups is 2. The monoisotopic (exact) mass is 274 g/mol. The van der Waals surface area contributed by atoms with Crippen molar-refractivity contribution in [3.8, 4) is 11.1 Å². The van der Waals surface area contributed by atoms with Gasteiger partial charge in [-0.1, -0.05) is 42.5 Å². The topological polar surface area (TPSA) is 24.7 Å². The summed E-state index contributed by atoms with van der Waals surface area (Å²) in [7, 11) is 0. The molecule has 2 heteroatoms. The molecule has 2 aliphatic rings. The number of nitrogens with zero attached hydrogens (tertiary/aromatic N) is 2. The number of hydrogen-bond donors (Lipinski definition) is 0. The SMILES string of the molecule is C1=Nc2ccccc2-c2ccccc2C1C1CCCC=N1. The van der Waals surface area contributed by atoms with Crippen LogP contribution in [0.3, 0.4) is 0 Å². The normalized spacial score (nSPS) is 23.2. The Morgan fingerprint density at radius 3 is 2.57 bits per heavy atom. The summed E-state index contributed by atoms with van der Waals surface area (Å²) < 4.78 is 0. The Kier molecular flexibility index (Phi) is 3.15. The Morgan fingerprint density at radius 1 is 0.905 bits per heavy atom. The van der Waals surface area contributed by atoms with Crippen molar-refractivity contribution in [3.05, 3.63) is 54.1 Å². The van der Waals surface area contributed by atoms with Crippen molar-refractivity contribution in [1.82, 2.24) is 0 Å². The van der Waals surface area contributed by atoms with E-state index < -0.39 is 0 Å². The highest BCUT2D eigenvalue weighted by molar-refractivity contribution is 5.88. The summed E-state index contributed by atoms with van der Waals surface area (Å²) in [5, 5.41) is 0. The van der Waals surface area contributed by atoms with Crippen molar-refractivity contribution >= 4 is 18.1 Å². The standard InChI is InChI=1S/C19H18N2/c1-2-8-15-14(7-1)16-9-3-4-10-18(16)21-13-17(15)19-11-5-6-12-20-19/h1-4,7-10,12-13,17,19H,5-6,11H2. The van der Waals surface area contributed by atoms with Crippen LogP contribution < -0.4 is 0 Å². The van der Waals surface area contributed by atoms with Gasteiger partial charge in [0.1, 0.15) is 0 Å². The van der Waals surface area contributed by atoms with Gasteiger partial charge in [-0.3, -0.25) is 9.98 Å². The van der Waals surface area contributed by atoms with Gasteiger partial charge in [0.05, 0.1) is 11.7 Å². The van der Waals surface area contributed by atoms with E-state index in [4.69, 9.17) is 9.98 Å². The molecule has 2 heterocycles. The summed E-state index contributed by atoms with van der Waals surface area (Å²) in [5.74, 6) is 0.283. The maximum absolute atomic E-state index is 4.76. The van der Waals surface area contributed by atoms with Gasteiger partial charge in [0.15, 0.2) is 0 Å². The molecule has 21 heavy (non-hydrogen) atoms. The Bertz CT molecular complexity index is 715. The maximum Gasteiger partial charge on any atom is 0.0704 e. The Hall–Kier alpha value is -2.22. The van der Waals surface area contributed by atoms with Crippen LogP contribution in [0.15, 0.2) is 58.5 Å². The van der Waals surface area contributed by atoms with Gasteiger partial charge < -0.3 is 0 Å². The molecule has 0 fully saturated rings. The van der Waals surface area contributed by atoms with Gasteiger partial charge in [-0.05, 0) is 42.7 Å². The van der Waals surface area contributed by atoms with Crippen LogP contribution in [0, 0.1) is 0 Å². The van der Waals surface area contributed by atoms with Crippen LogP contribution in [-0.2, 0) is 0 Å². The smallest absolute Gasteiger partial charge is 0.0704 e. The van der Waals surface area contributed by atoms with Crippen molar-refractivity contribution in [2.75, 3.05) is 0 Å². The zero-order valence-electron chi connectivity index (χ0n) is 11.9. The predicted molar refractivity (Wildman–Crippen MR) is 88.9 cm³/mol. The van der Waals surface area contributed by atoms with E-state index in [1.807, 2.05) is 0 Å². The van der Waals surface area contributed by atoms with Crippen molar-refractivity contribution in [3.63, 3.8) is 0 Å². The lowest BCUT2D eigenvalue weighted by molar-refractivity contribution is 0.552. The summed E-state index contributed by atoms with van der Waals surface area (Å²) >= 11 is 0. The Labute approximate surface area is 125 Å². The lowest BCUT2D eigenvalue weighted by atomic mass is 9.84. The predicted octanol–water partition coefficient (Wildman–Crippen LogP) is 4.78. The van der Waals surface area contributed by atoms with E-state index in [0.717, 1.165) is 18.5 Å². The molecule has 0 radical (unpaired) electrons. The van der Waals surface area contributed by atoms with E-state index in [1.54, 1.807) is 0 Å². The molecule has 2 aromatic carbocycles. The van der Waals surface area contributed by atoms with Crippen molar-refractivity contribution in [2.24, 2.45) is 9.98 Å². The average Bonchev–Trinajstić information content (AvgIpc) is 2.73. The van der Waals surface area contributed by atoms with Gasteiger partial charge >= 0.3 is 0 Å². The minimum atomic E-state index is 0.283. The molecular formula is C19H18N2. The quantitative estimate of drug-likeness (QED) is 0.715. The zero-order chi connectivity index (χ0) is 14.1. The third kappa shape index (κ3) is 2.21. The largest absolute Gasteiger partial charge is 0.293 e. The molecule has 0 spiro atoms. The molecule has 0 saturated carbocycles. The fourth-order valence-corrected chi connectivity index (χ4v) is 3.37. The molecule has 2 unspecified atom stereocenters. The second kappa shape index (κ2) is 5.28. The summed E-state index contributed by atoms with van der Waals surface area (Å²) in [4.78, 5) is 9.50. The third-order valence-electron chi connectivity index (χ3n) is 4.43. The lowest BCUT2D eigenvalue weighted by Crippen LogP contribution is -2.21. The molecule has 4 rings (SSSR count). The first kappa shape index (κ1) is 12.5. The third-order valence-corrected chi connectivity index (χ3v) is 4.43. The fraction of sp³-hybridized carbons (Fsp3) is 0.263. The highest BCUT2D eigenvalue weighted by atomic mass is 14.8. The van der Waals surface area contributed by atoms with Crippen LogP contribution in [0.5, 0.6) is 0 Å². The minimum Gasteiger partial charge on any atom is -0.293 e. The van der Waals surface area contributed by atoms with Crippen LogP contribution in [0.4, 0.5) is 5.69 Å². The summed E-state index contributed by atoms with van der Waals surface area (Å²) in [6.07, 6.45) is 7.69. The van der Waals surface area contributed by atoms with Crippen molar-refractivity contribution in [2.45, 2.75) is 31.2 Å². The highest BCUT2D eigenvalue weighted by Crippen LogP contribution is 2.40. The van der Waals surface area contributed by atoms with Crippen LogP contribution in [-0.4, -0.2) is 18.5 Å². The van der Waals surface area contributed by atoms with Crippen molar-refractivity contribution in [1.29, 1.82) is 0 Å². The molecule has 2 aromatic rings. The van der Waals surface area contributed by atoms with Gasteiger partial charge in [0.2, 0.25) is 0 Å². The van der Waals surface area contributed by atoms with Crippen molar-refractivity contribution < 1.29 is 0 Å². The fourth-order valence-electron chi connectivity index (χ4n) is 3.37. The van der Waals surface area contributed by atoms with Crippen LogP contribution >= 0.6 is 0 Å². The molecule has 2 nitrogen and oxygen atoms in total. The van der Waals surface area contributed by atoms with Gasteiger partial charge in [-0.15, -0.1) is 0 Å². The number of para-hydroxylation sites is 1. The van der Waals surface area contributed by atoms with E-state index in [9.17, 15) is 0 Å². The maximum atomic E-state index is 4.76. The molecular weight excluding hydrogens is 256 g/mol. The summed E-state index contributed by atoms with van der Waals surface area (Å²) in [5.41, 5.74) is 4.95. The molecule has 2 aliphatic heterocycles. The first-order valence-electron chi connectivity index (χ1n) is 7.67. The average molecular weight is 274 g/mol. The molecule has 0 aliphatic carbocycles. The first-order chi connectivity index (χ1) is 10.4. The molecule has 0 saturated heterocycles. The summed E-state index contributed by atoms with van der Waals surface area (Å²) in [6.45, 7) is 0. The molecule has 0 N–H and O–H groups in total. The Balaban J connectivity index is 1.88. The number of benzene rings is 2. The van der Waals surface area contributed by atoms with E-state index in [-0.39, 0.29) is 5.92 Å². The Morgan fingerprint density at radius 2 is 1.71 bits per heavy atom. The van der Waals surface area contributed by atoms with Gasteiger partial charge in [-0.25, -0.2) is 0 Å². The van der Waals surface area contributed by atoms with Crippen LogP contribution in [0.25, 0.3) is 11.1 Å².